The van der Waals surface area contributed by atoms with Gasteiger partial charge in [-0.15, -0.1) is 0 Å². The Balaban J connectivity index is 2.96. The van der Waals surface area contributed by atoms with Gasteiger partial charge < -0.3 is 5.32 Å². The molecule has 2 nitrogen and oxygen atoms in total. The molecule has 0 aliphatic carbocycles. The predicted molar refractivity (Wildman–Crippen MR) is 46.3 cm³/mol. The molecule has 0 aromatic carbocycles. The minimum atomic E-state index is 0.154. The van der Waals surface area contributed by atoms with E-state index in [1.807, 2.05) is 18.7 Å². The highest BCUT2D eigenvalue weighted by atomic mass is 32.2. The second kappa shape index (κ2) is 6.93. The van der Waals surface area contributed by atoms with Gasteiger partial charge >= 0.3 is 0 Å². The second-order valence-electron chi connectivity index (χ2n) is 2.05. The number of rotatable bonds is 5. The van der Waals surface area contributed by atoms with Gasteiger partial charge in [-0.1, -0.05) is 6.92 Å². The van der Waals surface area contributed by atoms with Crippen molar-refractivity contribution < 1.29 is 4.79 Å². The molecule has 0 saturated carbocycles. The highest BCUT2D eigenvalue weighted by Crippen LogP contribution is 1.93. The Morgan fingerprint density at radius 3 is 2.80 bits per heavy atom. The molecular weight excluding hydrogens is 146 g/mol. The van der Waals surface area contributed by atoms with E-state index in [-0.39, 0.29) is 5.91 Å². The fourth-order valence-electron chi connectivity index (χ4n) is 0.569. The van der Waals surface area contributed by atoms with Crippen molar-refractivity contribution in [2.24, 2.45) is 0 Å². The summed E-state index contributed by atoms with van der Waals surface area (Å²) in [5, 5.41) is 2.81. The van der Waals surface area contributed by atoms with Crippen LogP contribution in [0.5, 0.6) is 0 Å². The SMILES string of the molecule is CCC(=O)NCCCSC. The molecule has 0 aliphatic heterocycles. The van der Waals surface area contributed by atoms with E-state index in [4.69, 9.17) is 0 Å². The second-order valence-corrected chi connectivity index (χ2v) is 3.04. The van der Waals surface area contributed by atoms with Crippen LogP contribution in [0.2, 0.25) is 0 Å². The molecule has 0 aromatic rings. The van der Waals surface area contributed by atoms with Crippen molar-refractivity contribution in [3.05, 3.63) is 0 Å². The van der Waals surface area contributed by atoms with E-state index in [1.165, 1.54) is 0 Å². The van der Waals surface area contributed by atoms with Gasteiger partial charge in [0.15, 0.2) is 0 Å². The minimum Gasteiger partial charge on any atom is -0.356 e. The van der Waals surface area contributed by atoms with Crippen LogP contribution in [0.1, 0.15) is 19.8 Å². The Morgan fingerprint density at radius 2 is 2.30 bits per heavy atom. The number of carbonyl (C=O) groups is 1. The molecule has 0 spiro atoms. The molecule has 0 unspecified atom stereocenters. The highest BCUT2D eigenvalue weighted by molar-refractivity contribution is 7.98. The zero-order valence-electron chi connectivity index (χ0n) is 6.64. The lowest BCUT2D eigenvalue weighted by Crippen LogP contribution is -2.23. The molecule has 0 saturated heterocycles. The first-order valence-corrected chi connectivity index (χ1v) is 4.96. The van der Waals surface area contributed by atoms with E-state index in [1.54, 1.807) is 0 Å². The van der Waals surface area contributed by atoms with E-state index in [0.29, 0.717) is 6.42 Å². The molecule has 0 rings (SSSR count). The molecule has 0 atom stereocenters. The van der Waals surface area contributed by atoms with Gasteiger partial charge in [-0.25, -0.2) is 0 Å². The normalized spacial score (nSPS) is 9.40. The van der Waals surface area contributed by atoms with E-state index >= 15 is 0 Å². The largest absolute Gasteiger partial charge is 0.356 e. The number of carbonyl (C=O) groups excluding carboxylic acids is 1. The monoisotopic (exact) mass is 161 g/mol. The van der Waals surface area contributed by atoms with E-state index < -0.39 is 0 Å². The summed E-state index contributed by atoms with van der Waals surface area (Å²) in [4.78, 5) is 10.7. The highest BCUT2D eigenvalue weighted by Gasteiger charge is 1.93. The van der Waals surface area contributed by atoms with Crippen molar-refractivity contribution in [2.75, 3.05) is 18.6 Å². The van der Waals surface area contributed by atoms with Crippen molar-refractivity contribution >= 4 is 17.7 Å². The van der Waals surface area contributed by atoms with E-state index in [2.05, 4.69) is 11.6 Å². The van der Waals surface area contributed by atoms with Crippen LogP contribution in [-0.4, -0.2) is 24.5 Å². The summed E-state index contributed by atoms with van der Waals surface area (Å²) in [5.74, 6) is 1.28. The molecular formula is C7H15NOS. The van der Waals surface area contributed by atoms with Gasteiger partial charge in [0.25, 0.3) is 0 Å². The maximum absolute atomic E-state index is 10.7. The summed E-state index contributed by atoms with van der Waals surface area (Å²) in [6.07, 6.45) is 3.74. The molecule has 0 aromatic heterocycles. The van der Waals surface area contributed by atoms with Crippen molar-refractivity contribution in [1.29, 1.82) is 0 Å². The quantitative estimate of drug-likeness (QED) is 0.615. The van der Waals surface area contributed by atoms with Gasteiger partial charge in [0.05, 0.1) is 0 Å². The first kappa shape index (κ1) is 9.82. The van der Waals surface area contributed by atoms with Gasteiger partial charge in [-0.3, -0.25) is 4.79 Å². The van der Waals surface area contributed by atoms with Crippen molar-refractivity contribution in [3.8, 4) is 0 Å². The Kier molecular flexibility index (Phi) is 6.81. The summed E-state index contributed by atoms with van der Waals surface area (Å²) in [6.45, 7) is 2.69. The lowest BCUT2D eigenvalue weighted by atomic mass is 10.4. The minimum absolute atomic E-state index is 0.154. The fourth-order valence-corrected chi connectivity index (χ4v) is 1.00. The maximum atomic E-state index is 10.7. The Morgan fingerprint density at radius 1 is 1.60 bits per heavy atom. The molecule has 10 heavy (non-hydrogen) atoms. The molecule has 0 heterocycles. The van der Waals surface area contributed by atoms with Crippen LogP contribution in [0.3, 0.4) is 0 Å². The van der Waals surface area contributed by atoms with Gasteiger partial charge in [0.2, 0.25) is 5.91 Å². The van der Waals surface area contributed by atoms with E-state index in [9.17, 15) is 4.79 Å². The summed E-state index contributed by atoms with van der Waals surface area (Å²) in [7, 11) is 0. The molecule has 1 N–H and O–H groups in total. The van der Waals surface area contributed by atoms with Crippen molar-refractivity contribution in [2.45, 2.75) is 19.8 Å². The lowest BCUT2D eigenvalue weighted by molar-refractivity contribution is -0.120. The zero-order chi connectivity index (χ0) is 7.82. The van der Waals surface area contributed by atoms with Gasteiger partial charge in [0, 0.05) is 13.0 Å². The first-order valence-electron chi connectivity index (χ1n) is 3.57. The van der Waals surface area contributed by atoms with Crippen LogP contribution in [0.4, 0.5) is 0 Å². The van der Waals surface area contributed by atoms with Gasteiger partial charge in [-0.05, 0) is 18.4 Å². The average Bonchev–Trinajstić information content (AvgIpc) is 1.98. The summed E-state index contributed by atoms with van der Waals surface area (Å²) >= 11 is 1.81. The number of hydrogen-bond acceptors (Lipinski definition) is 2. The lowest BCUT2D eigenvalue weighted by Gasteiger charge is -2.00. The van der Waals surface area contributed by atoms with Crippen LogP contribution in [-0.2, 0) is 4.79 Å². The van der Waals surface area contributed by atoms with Crippen molar-refractivity contribution in [1.82, 2.24) is 5.32 Å². The molecule has 0 aliphatic rings. The third kappa shape index (κ3) is 5.95. The molecule has 1 amide bonds. The fraction of sp³-hybridized carbons (Fsp3) is 0.857. The Hall–Kier alpha value is -0.180. The Bertz CT molecular complexity index is 95.6. The molecule has 0 bridgehead atoms. The Labute approximate surface area is 66.8 Å². The van der Waals surface area contributed by atoms with Gasteiger partial charge in [-0.2, -0.15) is 11.8 Å². The average molecular weight is 161 g/mol. The van der Waals surface area contributed by atoms with Crippen LogP contribution >= 0.6 is 11.8 Å². The topological polar surface area (TPSA) is 29.1 Å². The molecule has 3 heteroatoms. The first-order chi connectivity index (χ1) is 4.81. The third-order valence-electron chi connectivity index (χ3n) is 1.17. The van der Waals surface area contributed by atoms with Crippen molar-refractivity contribution in [3.63, 3.8) is 0 Å². The molecule has 0 radical (unpaired) electrons. The van der Waals surface area contributed by atoms with Crippen LogP contribution in [0.25, 0.3) is 0 Å². The third-order valence-corrected chi connectivity index (χ3v) is 1.87. The smallest absolute Gasteiger partial charge is 0.219 e. The van der Waals surface area contributed by atoms with Gasteiger partial charge in [0.1, 0.15) is 0 Å². The molecule has 0 fully saturated rings. The van der Waals surface area contributed by atoms with E-state index in [0.717, 1.165) is 18.7 Å². The van der Waals surface area contributed by atoms with Crippen LogP contribution in [0.15, 0.2) is 0 Å². The number of thioether (sulfide) groups is 1. The number of hydrogen-bond donors (Lipinski definition) is 1. The summed E-state index contributed by atoms with van der Waals surface area (Å²) < 4.78 is 0. The number of nitrogens with one attached hydrogen (secondary N) is 1. The maximum Gasteiger partial charge on any atom is 0.219 e. The molecule has 60 valence electrons. The predicted octanol–water partition coefficient (Wildman–Crippen LogP) is 1.27. The van der Waals surface area contributed by atoms with Crippen LogP contribution in [0, 0.1) is 0 Å². The van der Waals surface area contributed by atoms with Crippen LogP contribution < -0.4 is 5.32 Å². The zero-order valence-corrected chi connectivity index (χ0v) is 7.46. The standard InChI is InChI=1S/C7H15NOS/c1-3-7(9)8-5-4-6-10-2/h3-6H2,1-2H3,(H,8,9). The number of amides is 1. The summed E-state index contributed by atoms with van der Waals surface area (Å²) in [5.41, 5.74) is 0. The summed E-state index contributed by atoms with van der Waals surface area (Å²) in [6, 6.07) is 0.